The molecule has 0 bridgehead atoms. The van der Waals surface area contributed by atoms with Crippen molar-refractivity contribution in [2.75, 3.05) is 26.2 Å². The summed E-state index contributed by atoms with van der Waals surface area (Å²) in [5.74, 6) is -2.90. The zero-order valence-electron chi connectivity index (χ0n) is 17.1. The molecular weight excluding hydrogens is 435 g/mol. The molecule has 1 unspecified atom stereocenters. The van der Waals surface area contributed by atoms with E-state index in [1.54, 1.807) is 16.7 Å². The van der Waals surface area contributed by atoms with Gasteiger partial charge in [-0.3, -0.25) is 14.9 Å². The zero-order valence-corrected chi connectivity index (χ0v) is 17.1. The summed E-state index contributed by atoms with van der Waals surface area (Å²) in [6.07, 6.45) is -5.36. The van der Waals surface area contributed by atoms with Gasteiger partial charge in [0, 0.05) is 5.56 Å². The standard InChI is InChI=1S/C20H18F3N3O6/c1-30-13-9-11(10-14(31-2)15(13)32-3)16(27)24-19(20(21,22)23)17(28)26(18(29)25-19)12-7-5-4-6-8-12/h4-10H,1-3H3,(H,24,27)(H,25,29). The number of halogens is 3. The largest absolute Gasteiger partial charge is 0.493 e. The number of hydrogen-bond donors (Lipinski definition) is 2. The third-order valence-electron chi connectivity index (χ3n) is 4.69. The molecule has 0 spiro atoms. The van der Waals surface area contributed by atoms with Crippen molar-refractivity contribution in [3.05, 3.63) is 48.0 Å². The van der Waals surface area contributed by atoms with E-state index in [0.717, 1.165) is 12.1 Å². The lowest BCUT2D eigenvalue weighted by atomic mass is 10.1. The number of amides is 4. The van der Waals surface area contributed by atoms with Crippen LogP contribution in [0.2, 0.25) is 0 Å². The molecule has 1 aliphatic heterocycles. The number of urea groups is 1. The lowest BCUT2D eigenvalue weighted by Crippen LogP contribution is -2.69. The minimum absolute atomic E-state index is 0.00533. The molecule has 1 aliphatic rings. The fraction of sp³-hybridized carbons (Fsp3) is 0.250. The number of hydrogen-bond acceptors (Lipinski definition) is 6. The Kier molecular flexibility index (Phi) is 5.88. The maximum atomic E-state index is 14.1. The van der Waals surface area contributed by atoms with Crippen LogP contribution in [0.25, 0.3) is 0 Å². The third-order valence-corrected chi connectivity index (χ3v) is 4.69. The molecule has 0 saturated carbocycles. The highest BCUT2D eigenvalue weighted by Gasteiger charge is 2.69. The van der Waals surface area contributed by atoms with Crippen molar-refractivity contribution in [2.24, 2.45) is 0 Å². The van der Waals surface area contributed by atoms with E-state index in [1.807, 2.05) is 0 Å². The highest BCUT2D eigenvalue weighted by Crippen LogP contribution is 2.39. The van der Waals surface area contributed by atoms with Crippen LogP contribution >= 0.6 is 0 Å². The summed E-state index contributed by atoms with van der Waals surface area (Å²) in [5.41, 5.74) is -4.11. The summed E-state index contributed by atoms with van der Waals surface area (Å²) in [4.78, 5) is 38.3. The van der Waals surface area contributed by atoms with E-state index in [9.17, 15) is 27.6 Å². The molecule has 2 aromatic carbocycles. The summed E-state index contributed by atoms with van der Waals surface area (Å²) in [6.45, 7) is 0. The zero-order chi connectivity index (χ0) is 23.7. The number of nitrogens with zero attached hydrogens (tertiary/aromatic N) is 1. The molecule has 4 amide bonds. The predicted octanol–water partition coefficient (Wildman–Crippen LogP) is 2.46. The molecule has 0 radical (unpaired) electrons. The molecule has 170 valence electrons. The maximum absolute atomic E-state index is 14.1. The monoisotopic (exact) mass is 453 g/mol. The number of carbonyl (C=O) groups excluding carboxylic acids is 3. The number of nitrogens with one attached hydrogen (secondary N) is 2. The average molecular weight is 453 g/mol. The number of imide groups is 1. The van der Waals surface area contributed by atoms with E-state index in [4.69, 9.17) is 14.2 Å². The van der Waals surface area contributed by atoms with Crippen LogP contribution in [-0.4, -0.2) is 51.0 Å². The van der Waals surface area contributed by atoms with Crippen LogP contribution in [-0.2, 0) is 4.79 Å². The molecule has 2 aromatic rings. The van der Waals surface area contributed by atoms with E-state index < -0.39 is 29.7 Å². The quantitative estimate of drug-likeness (QED) is 0.651. The smallest absolute Gasteiger partial charge is 0.440 e. The first kappa shape index (κ1) is 22.7. The molecule has 32 heavy (non-hydrogen) atoms. The molecule has 2 N–H and O–H groups in total. The highest BCUT2D eigenvalue weighted by atomic mass is 19.4. The van der Waals surface area contributed by atoms with Gasteiger partial charge in [0.1, 0.15) is 0 Å². The van der Waals surface area contributed by atoms with Gasteiger partial charge >= 0.3 is 12.2 Å². The molecule has 1 saturated heterocycles. The minimum Gasteiger partial charge on any atom is -0.493 e. The number of rotatable bonds is 6. The lowest BCUT2D eigenvalue weighted by Gasteiger charge is -2.30. The Morgan fingerprint density at radius 3 is 2.03 bits per heavy atom. The number of anilines is 1. The van der Waals surface area contributed by atoms with Gasteiger partial charge in [0.2, 0.25) is 5.75 Å². The average Bonchev–Trinajstić information content (AvgIpc) is 3.03. The van der Waals surface area contributed by atoms with Crippen LogP contribution < -0.4 is 29.7 Å². The Morgan fingerprint density at radius 2 is 1.56 bits per heavy atom. The van der Waals surface area contributed by atoms with Gasteiger partial charge in [0.15, 0.2) is 11.5 Å². The molecule has 3 rings (SSSR count). The van der Waals surface area contributed by atoms with Crippen molar-refractivity contribution in [1.29, 1.82) is 0 Å². The summed E-state index contributed by atoms with van der Waals surface area (Å²) < 4.78 is 57.5. The first-order valence-corrected chi connectivity index (χ1v) is 9.00. The molecule has 1 atom stereocenters. The van der Waals surface area contributed by atoms with Crippen LogP contribution in [0, 0.1) is 0 Å². The summed E-state index contributed by atoms with van der Waals surface area (Å²) in [6, 6.07) is 7.88. The van der Waals surface area contributed by atoms with Crippen molar-refractivity contribution in [2.45, 2.75) is 11.8 Å². The molecule has 12 heteroatoms. The Balaban J connectivity index is 2.03. The van der Waals surface area contributed by atoms with E-state index in [0.29, 0.717) is 4.90 Å². The highest BCUT2D eigenvalue weighted by molar-refractivity contribution is 6.24. The fourth-order valence-corrected chi connectivity index (χ4v) is 3.14. The van der Waals surface area contributed by atoms with Gasteiger partial charge in [-0.25, -0.2) is 9.69 Å². The molecule has 0 aliphatic carbocycles. The summed E-state index contributed by atoms with van der Waals surface area (Å²) in [5, 5.41) is 3.21. The molecular formula is C20H18F3N3O6. The number of benzene rings is 2. The topological polar surface area (TPSA) is 106 Å². The van der Waals surface area contributed by atoms with Crippen molar-refractivity contribution < 1.29 is 41.8 Å². The maximum Gasteiger partial charge on any atom is 0.440 e. The molecule has 1 heterocycles. The first-order chi connectivity index (χ1) is 15.1. The molecule has 0 aromatic heterocycles. The fourth-order valence-electron chi connectivity index (χ4n) is 3.14. The van der Waals surface area contributed by atoms with E-state index >= 15 is 0 Å². The Labute approximate surface area is 180 Å². The second-order valence-corrected chi connectivity index (χ2v) is 6.52. The van der Waals surface area contributed by atoms with E-state index in [-0.39, 0.29) is 28.5 Å². The Morgan fingerprint density at radius 1 is 1.00 bits per heavy atom. The van der Waals surface area contributed by atoms with Gasteiger partial charge in [-0.15, -0.1) is 0 Å². The van der Waals surface area contributed by atoms with Crippen molar-refractivity contribution in [3.63, 3.8) is 0 Å². The van der Waals surface area contributed by atoms with E-state index in [2.05, 4.69) is 0 Å². The molecule has 9 nitrogen and oxygen atoms in total. The Hall–Kier alpha value is -3.96. The van der Waals surface area contributed by atoms with Crippen LogP contribution in [0.3, 0.4) is 0 Å². The van der Waals surface area contributed by atoms with Gasteiger partial charge in [-0.2, -0.15) is 13.2 Å². The Bertz CT molecular complexity index is 1040. The van der Waals surface area contributed by atoms with Crippen molar-refractivity contribution >= 4 is 23.5 Å². The van der Waals surface area contributed by atoms with Crippen molar-refractivity contribution in [3.8, 4) is 17.2 Å². The molecule has 1 fully saturated rings. The van der Waals surface area contributed by atoms with Crippen LogP contribution in [0.4, 0.5) is 23.7 Å². The predicted molar refractivity (Wildman–Crippen MR) is 105 cm³/mol. The summed E-state index contributed by atoms with van der Waals surface area (Å²) >= 11 is 0. The van der Waals surface area contributed by atoms with Crippen LogP contribution in [0.15, 0.2) is 42.5 Å². The minimum atomic E-state index is -5.36. The second-order valence-electron chi connectivity index (χ2n) is 6.52. The third kappa shape index (κ3) is 3.63. The number of methoxy groups -OCH3 is 3. The first-order valence-electron chi connectivity index (χ1n) is 9.00. The summed E-state index contributed by atoms with van der Waals surface area (Å²) in [7, 11) is 3.83. The van der Waals surface area contributed by atoms with Crippen molar-refractivity contribution in [1.82, 2.24) is 10.6 Å². The number of carbonyl (C=O) groups is 3. The SMILES string of the molecule is COc1cc(C(=O)NC2(C(F)(F)F)NC(=O)N(c3ccccc3)C2=O)cc(OC)c1OC. The van der Waals surface area contributed by atoms with Gasteiger partial charge < -0.3 is 19.5 Å². The number of para-hydroxylation sites is 1. The van der Waals surface area contributed by atoms with Crippen LogP contribution in [0.5, 0.6) is 17.2 Å². The lowest BCUT2D eigenvalue weighted by molar-refractivity contribution is -0.197. The second kappa shape index (κ2) is 8.29. The normalized spacial score (nSPS) is 18.2. The van der Waals surface area contributed by atoms with Gasteiger partial charge in [-0.1, -0.05) is 18.2 Å². The van der Waals surface area contributed by atoms with E-state index in [1.165, 1.54) is 45.6 Å². The number of alkyl halides is 3. The van der Waals surface area contributed by atoms with Crippen LogP contribution in [0.1, 0.15) is 10.4 Å². The van der Waals surface area contributed by atoms with Gasteiger partial charge in [0.05, 0.1) is 27.0 Å². The number of ether oxygens (including phenoxy) is 3. The van der Waals surface area contributed by atoms with Gasteiger partial charge in [0.25, 0.3) is 17.5 Å². The van der Waals surface area contributed by atoms with Gasteiger partial charge in [-0.05, 0) is 24.3 Å².